The number of anilines is 1. The fourth-order valence-electron chi connectivity index (χ4n) is 2.22. The van der Waals surface area contributed by atoms with E-state index in [9.17, 15) is 8.42 Å². The van der Waals surface area contributed by atoms with Crippen molar-refractivity contribution in [3.8, 4) is 0 Å². The van der Waals surface area contributed by atoms with Crippen LogP contribution in [0.4, 0.5) is 5.69 Å². The van der Waals surface area contributed by atoms with Crippen LogP contribution in [-0.2, 0) is 22.3 Å². The normalized spacial score (nSPS) is 11.7. The molecule has 2 aromatic rings. The average Bonchev–Trinajstić information content (AvgIpc) is 2.57. The molecule has 26 heavy (non-hydrogen) atoms. The smallest absolute Gasteiger partial charge is 0.215 e. The molecule has 0 aliphatic heterocycles. The molecule has 0 fully saturated rings. The number of nitrogens with two attached hydrogens (primary N) is 1. The summed E-state index contributed by atoms with van der Waals surface area (Å²) >= 11 is 0. The predicted molar refractivity (Wildman–Crippen MR) is 118 cm³/mol. The van der Waals surface area contributed by atoms with Crippen molar-refractivity contribution in [2.45, 2.75) is 26.1 Å². The van der Waals surface area contributed by atoms with Crippen LogP contribution < -0.4 is 15.8 Å². The Balaban J connectivity index is 0.00000338. The van der Waals surface area contributed by atoms with Crippen molar-refractivity contribution in [2.75, 3.05) is 12.4 Å². The molecule has 142 valence electrons. The van der Waals surface area contributed by atoms with Gasteiger partial charge in [0.15, 0.2) is 5.96 Å². The highest BCUT2D eigenvalue weighted by molar-refractivity contribution is 14.0. The fourth-order valence-corrected chi connectivity index (χ4v) is 2.99. The van der Waals surface area contributed by atoms with Gasteiger partial charge < -0.3 is 11.1 Å². The van der Waals surface area contributed by atoms with Crippen molar-refractivity contribution < 1.29 is 8.42 Å². The maximum absolute atomic E-state index is 11.5. The Morgan fingerprint density at radius 1 is 1.04 bits per heavy atom. The van der Waals surface area contributed by atoms with Crippen LogP contribution in [0.1, 0.15) is 22.3 Å². The zero-order valence-corrected chi connectivity index (χ0v) is 18.3. The molecule has 0 aromatic heterocycles. The average molecular weight is 488 g/mol. The van der Waals surface area contributed by atoms with Crippen LogP contribution in [0.3, 0.4) is 0 Å². The van der Waals surface area contributed by atoms with E-state index in [2.05, 4.69) is 22.0 Å². The van der Waals surface area contributed by atoms with Crippen LogP contribution in [0.2, 0.25) is 0 Å². The summed E-state index contributed by atoms with van der Waals surface area (Å²) in [6, 6.07) is 13.3. The molecule has 0 spiro atoms. The number of aliphatic imine (C=N–C) groups is 1. The number of benzene rings is 2. The Bertz CT molecular complexity index is 865. The number of aryl methyl sites for hydroxylation is 2. The number of nitrogens with zero attached hydrogens (tertiary/aromatic N) is 1. The van der Waals surface area contributed by atoms with Gasteiger partial charge in [-0.2, -0.15) is 0 Å². The lowest BCUT2D eigenvalue weighted by atomic mass is 10.1. The van der Waals surface area contributed by atoms with Gasteiger partial charge in [-0.3, -0.25) is 0 Å². The topological polar surface area (TPSA) is 96.6 Å². The summed E-state index contributed by atoms with van der Waals surface area (Å²) in [6.07, 6.45) is 0. The fraction of sp³-hybridized carbons (Fsp3) is 0.278. The van der Waals surface area contributed by atoms with Gasteiger partial charge >= 0.3 is 0 Å². The van der Waals surface area contributed by atoms with Gasteiger partial charge in [0.1, 0.15) is 0 Å². The van der Waals surface area contributed by atoms with Crippen molar-refractivity contribution in [3.05, 3.63) is 64.7 Å². The highest BCUT2D eigenvalue weighted by atomic mass is 127. The number of sulfonamides is 1. The largest absolute Gasteiger partial charge is 0.370 e. The van der Waals surface area contributed by atoms with Crippen molar-refractivity contribution >= 4 is 45.6 Å². The van der Waals surface area contributed by atoms with Gasteiger partial charge in [-0.25, -0.2) is 18.1 Å². The molecule has 6 nitrogen and oxygen atoms in total. The Hall–Kier alpha value is -1.65. The number of halogens is 1. The molecule has 0 amide bonds. The monoisotopic (exact) mass is 488 g/mol. The Morgan fingerprint density at radius 3 is 2.23 bits per heavy atom. The molecule has 4 N–H and O–H groups in total. The van der Waals surface area contributed by atoms with Crippen molar-refractivity contribution in [1.82, 2.24) is 4.72 Å². The zero-order valence-electron chi connectivity index (χ0n) is 15.1. The third-order valence-corrected chi connectivity index (χ3v) is 5.24. The van der Waals surface area contributed by atoms with Crippen LogP contribution in [-0.4, -0.2) is 21.4 Å². The lowest BCUT2D eigenvalue weighted by molar-refractivity contribution is 0.587. The van der Waals surface area contributed by atoms with Crippen LogP contribution in [0.15, 0.2) is 47.5 Å². The summed E-state index contributed by atoms with van der Waals surface area (Å²) in [5, 5.41) is 3.07. The minimum Gasteiger partial charge on any atom is -0.370 e. The van der Waals surface area contributed by atoms with Gasteiger partial charge in [0.2, 0.25) is 10.0 Å². The predicted octanol–water partition coefficient (Wildman–Crippen LogP) is 2.90. The molecule has 2 rings (SSSR count). The molecular formula is C18H25IN4O2S. The van der Waals surface area contributed by atoms with Gasteiger partial charge in [0.25, 0.3) is 0 Å². The van der Waals surface area contributed by atoms with E-state index in [0.717, 1.165) is 16.8 Å². The first kappa shape index (κ1) is 22.4. The molecule has 8 heteroatoms. The Morgan fingerprint density at radius 2 is 1.65 bits per heavy atom. The standard InChI is InChI=1S/C18H24N4O2S.HI/c1-13-4-9-17(10-14(13)2)22-18(19)21-11-15-5-7-16(8-6-15)12-25(23,24)20-3;/h4-10,20H,11-12H2,1-3H3,(H3,19,21,22);1H. The lowest BCUT2D eigenvalue weighted by Gasteiger charge is -2.08. The van der Waals surface area contributed by atoms with E-state index in [1.807, 2.05) is 37.3 Å². The summed E-state index contributed by atoms with van der Waals surface area (Å²) in [7, 11) is -1.85. The molecule has 0 saturated heterocycles. The molecule has 0 radical (unpaired) electrons. The van der Waals surface area contributed by atoms with E-state index < -0.39 is 10.0 Å². The van der Waals surface area contributed by atoms with Crippen LogP contribution in [0.5, 0.6) is 0 Å². The van der Waals surface area contributed by atoms with Crippen molar-refractivity contribution in [2.24, 2.45) is 10.7 Å². The van der Waals surface area contributed by atoms with E-state index in [4.69, 9.17) is 5.73 Å². The van der Waals surface area contributed by atoms with E-state index in [-0.39, 0.29) is 29.7 Å². The summed E-state index contributed by atoms with van der Waals surface area (Å²) in [5.74, 6) is 0.300. The summed E-state index contributed by atoms with van der Waals surface area (Å²) in [5.41, 5.74) is 10.9. The van der Waals surface area contributed by atoms with Crippen LogP contribution in [0, 0.1) is 13.8 Å². The number of guanidine groups is 1. The summed E-state index contributed by atoms with van der Waals surface area (Å²) < 4.78 is 25.4. The third-order valence-electron chi connectivity index (χ3n) is 3.90. The van der Waals surface area contributed by atoms with E-state index >= 15 is 0 Å². The number of hydrogen-bond donors (Lipinski definition) is 3. The quantitative estimate of drug-likeness (QED) is 0.331. The molecule has 0 saturated carbocycles. The van der Waals surface area contributed by atoms with Crippen LogP contribution in [0.25, 0.3) is 0 Å². The molecular weight excluding hydrogens is 463 g/mol. The molecule has 0 bridgehead atoms. The SMILES string of the molecule is CNS(=O)(=O)Cc1ccc(CN=C(N)Nc2ccc(C)c(C)c2)cc1.I. The molecule has 2 aromatic carbocycles. The molecule has 0 aliphatic carbocycles. The van der Waals surface area contributed by atoms with Gasteiger partial charge in [-0.15, -0.1) is 24.0 Å². The molecule has 0 unspecified atom stereocenters. The van der Waals surface area contributed by atoms with E-state index in [1.54, 1.807) is 12.1 Å². The summed E-state index contributed by atoms with van der Waals surface area (Å²) in [6.45, 7) is 4.52. The lowest BCUT2D eigenvalue weighted by Crippen LogP contribution is -2.22. The minimum atomic E-state index is -3.26. The van der Waals surface area contributed by atoms with Gasteiger partial charge in [-0.1, -0.05) is 30.3 Å². The van der Waals surface area contributed by atoms with Gasteiger partial charge in [-0.05, 0) is 55.3 Å². The molecule has 0 heterocycles. The highest BCUT2D eigenvalue weighted by Crippen LogP contribution is 2.14. The van der Waals surface area contributed by atoms with E-state index in [1.165, 1.54) is 18.2 Å². The zero-order chi connectivity index (χ0) is 18.4. The number of hydrogen-bond acceptors (Lipinski definition) is 3. The van der Waals surface area contributed by atoms with Gasteiger partial charge in [0.05, 0.1) is 12.3 Å². The number of nitrogens with one attached hydrogen (secondary N) is 2. The van der Waals surface area contributed by atoms with E-state index in [0.29, 0.717) is 12.5 Å². The highest BCUT2D eigenvalue weighted by Gasteiger charge is 2.08. The second kappa shape index (κ2) is 9.89. The minimum absolute atomic E-state index is 0. The first-order valence-corrected chi connectivity index (χ1v) is 9.57. The Labute approximate surface area is 172 Å². The second-order valence-corrected chi connectivity index (χ2v) is 7.83. The first-order chi connectivity index (χ1) is 11.8. The van der Waals surface area contributed by atoms with Crippen molar-refractivity contribution in [3.63, 3.8) is 0 Å². The van der Waals surface area contributed by atoms with Gasteiger partial charge in [0, 0.05) is 5.69 Å². The van der Waals surface area contributed by atoms with Crippen molar-refractivity contribution in [1.29, 1.82) is 0 Å². The maximum Gasteiger partial charge on any atom is 0.215 e. The van der Waals surface area contributed by atoms with Crippen LogP contribution >= 0.6 is 24.0 Å². The second-order valence-electron chi connectivity index (χ2n) is 5.91. The third kappa shape index (κ3) is 6.93. The Kier molecular flexibility index (Phi) is 8.51. The number of rotatable bonds is 6. The molecule has 0 aliphatic rings. The summed E-state index contributed by atoms with van der Waals surface area (Å²) in [4.78, 5) is 4.31. The molecule has 0 atom stereocenters. The first-order valence-electron chi connectivity index (χ1n) is 7.92. The maximum atomic E-state index is 11.5.